The van der Waals surface area contributed by atoms with Gasteiger partial charge in [0.25, 0.3) is 0 Å². The predicted octanol–water partition coefficient (Wildman–Crippen LogP) is 5.34. The summed E-state index contributed by atoms with van der Waals surface area (Å²) in [7, 11) is -3.94. The number of nitrogens with zero attached hydrogens (tertiary/aromatic N) is 4. The molecular formula is C27H32F4N6O2S. The van der Waals surface area contributed by atoms with E-state index in [9.17, 15) is 26.0 Å². The van der Waals surface area contributed by atoms with Crippen LogP contribution in [0.5, 0.6) is 0 Å². The molecule has 0 amide bonds. The van der Waals surface area contributed by atoms with Gasteiger partial charge in [-0.2, -0.15) is 22.6 Å². The summed E-state index contributed by atoms with van der Waals surface area (Å²) < 4.78 is 83.7. The van der Waals surface area contributed by atoms with E-state index in [0.717, 1.165) is 13.1 Å². The molecule has 0 spiro atoms. The van der Waals surface area contributed by atoms with E-state index < -0.39 is 34.0 Å². The third-order valence-corrected chi connectivity index (χ3v) is 8.99. The van der Waals surface area contributed by atoms with Gasteiger partial charge in [0.15, 0.2) is 0 Å². The molecular weight excluding hydrogens is 548 g/mol. The summed E-state index contributed by atoms with van der Waals surface area (Å²) in [6.07, 6.45) is -0.564. The Hall–Kier alpha value is -3.29. The van der Waals surface area contributed by atoms with Crippen LogP contribution in [0.15, 0.2) is 53.7 Å². The number of hydrogen-bond acceptors (Lipinski definition) is 6. The number of halogens is 4. The van der Waals surface area contributed by atoms with Crippen molar-refractivity contribution in [2.45, 2.75) is 44.4 Å². The molecule has 3 aromatic rings. The summed E-state index contributed by atoms with van der Waals surface area (Å²) in [5.41, 5.74) is 2.95. The van der Waals surface area contributed by atoms with E-state index in [0.29, 0.717) is 34.6 Å². The topological polar surface area (TPSA) is 94.3 Å². The zero-order chi connectivity index (χ0) is 29.2. The van der Waals surface area contributed by atoms with Crippen LogP contribution >= 0.6 is 0 Å². The summed E-state index contributed by atoms with van der Waals surface area (Å²) in [6, 6.07) is 8.49. The Labute approximate surface area is 231 Å². The highest BCUT2D eigenvalue weighted by atomic mass is 32.2. The first-order chi connectivity index (χ1) is 18.8. The lowest BCUT2D eigenvalue weighted by Gasteiger charge is -2.42. The molecule has 2 aromatic carbocycles. The molecule has 1 unspecified atom stereocenters. The first-order valence-electron chi connectivity index (χ1n) is 12.8. The van der Waals surface area contributed by atoms with Gasteiger partial charge in [-0.05, 0) is 61.4 Å². The molecule has 1 aliphatic heterocycles. The van der Waals surface area contributed by atoms with Crippen LogP contribution in [0, 0.1) is 24.1 Å². The molecule has 4 rings (SSSR count). The Morgan fingerprint density at radius 1 is 1.20 bits per heavy atom. The Kier molecular flexibility index (Phi) is 8.66. The summed E-state index contributed by atoms with van der Waals surface area (Å²) in [5, 5.41) is 15.2. The molecule has 40 heavy (non-hydrogen) atoms. The average Bonchev–Trinajstić information content (AvgIpc) is 3.40. The van der Waals surface area contributed by atoms with E-state index in [-0.39, 0.29) is 31.1 Å². The van der Waals surface area contributed by atoms with Crippen molar-refractivity contribution in [3.8, 4) is 0 Å². The molecule has 1 saturated heterocycles. The van der Waals surface area contributed by atoms with E-state index in [1.807, 2.05) is 6.92 Å². The summed E-state index contributed by atoms with van der Waals surface area (Å²) in [6.45, 7) is 5.00. The number of aryl methyl sites for hydroxylation is 2. The van der Waals surface area contributed by atoms with Gasteiger partial charge in [0.05, 0.1) is 12.1 Å². The van der Waals surface area contributed by atoms with E-state index >= 15 is 0 Å². The zero-order valence-electron chi connectivity index (χ0n) is 22.4. The smallest absolute Gasteiger partial charge is 0.355 e. The Balaban J connectivity index is 1.71. The second kappa shape index (κ2) is 11.7. The van der Waals surface area contributed by atoms with Crippen molar-refractivity contribution in [1.82, 2.24) is 19.0 Å². The molecule has 2 atom stereocenters. The van der Waals surface area contributed by atoms with Gasteiger partial charge in [-0.25, -0.2) is 12.8 Å². The molecule has 2 N–H and O–H groups in total. The van der Waals surface area contributed by atoms with Crippen molar-refractivity contribution in [1.29, 1.82) is 5.41 Å². The molecule has 8 nitrogen and oxygen atoms in total. The van der Waals surface area contributed by atoms with Crippen LogP contribution in [0.1, 0.15) is 36.6 Å². The zero-order valence-corrected chi connectivity index (χ0v) is 23.2. The monoisotopic (exact) mass is 580 g/mol. The van der Waals surface area contributed by atoms with Crippen molar-refractivity contribution in [2.24, 2.45) is 5.92 Å². The van der Waals surface area contributed by atoms with Crippen LogP contribution < -0.4 is 5.32 Å². The number of piperazine rings is 1. The molecule has 0 radical (unpaired) electrons. The fourth-order valence-corrected chi connectivity index (χ4v) is 6.19. The van der Waals surface area contributed by atoms with Gasteiger partial charge in [-0.3, -0.25) is 9.58 Å². The number of anilines is 2. The highest BCUT2D eigenvalue weighted by molar-refractivity contribution is 7.89. The summed E-state index contributed by atoms with van der Waals surface area (Å²) >= 11 is 0. The van der Waals surface area contributed by atoms with Crippen LogP contribution in [0.2, 0.25) is 0 Å². The molecule has 1 aromatic heterocycles. The van der Waals surface area contributed by atoms with Gasteiger partial charge >= 0.3 is 6.18 Å². The lowest BCUT2D eigenvalue weighted by Crippen LogP contribution is -2.52. The fourth-order valence-electron chi connectivity index (χ4n) is 4.80. The predicted molar refractivity (Wildman–Crippen MR) is 145 cm³/mol. The van der Waals surface area contributed by atoms with Gasteiger partial charge in [0.1, 0.15) is 10.7 Å². The third-order valence-electron chi connectivity index (χ3n) is 7.17. The van der Waals surface area contributed by atoms with Crippen LogP contribution in [0.25, 0.3) is 0 Å². The fraction of sp³-hybridized carbons (Fsp3) is 0.407. The number of nitrogens with one attached hydrogen (secondary N) is 2. The van der Waals surface area contributed by atoms with Crippen molar-refractivity contribution in [3.63, 3.8) is 0 Å². The van der Waals surface area contributed by atoms with E-state index in [2.05, 4.69) is 10.4 Å². The van der Waals surface area contributed by atoms with Crippen molar-refractivity contribution in [2.75, 3.05) is 31.5 Å². The molecule has 0 aliphatic carbocycles. The van der Waals surface area contributed by atoms with Crippen LogP contribution in [-0.2, 0) is 16.6 Å². The quantitative estimate of drug-likeness (QED) is 0.263. The minimum absolute atomic E-state index is 0.0287. The number of alkyl halides is 3. The van der Waals surface area contributed by atoms with Gasteiger partial charge in [-0.15, -0.1) is 0 Å². The lowest BCUT2D eigenvalue weighted by atomic mass is 9.94. The molecule has 216 valence electrons. The number of sulfonamides is 1. The molecule has 13 heteroatoms. The maximum absolute atomic E-state index is 13.5. The van der Waals surface area contributed by atoms with Crippen LogP contribution in [0.3, 0.4) is 0 Å². The second-order valence-electron chi connectivity index (χ2n) is 9.92. The molecule has 1 aliphatic rings. The van der Waals surface area contributed by atoms with Crippen molar-refractivity contribution < 1.29 is 26.0 Å². The minimum atomic E-state index is -4.40. The van der Waals surface area contributed by atoms with Crippen molar-refractivity contribution >= 4 is 27.6 Å². The molecule has 1 fully saturated rings. The maximum Gasteiger partial charge on any atom is 0.392 e. The summed E-state index contributed by atoms with van der Waals surface area (Å²) in [5.74, 6) is -2.01. The highest BCUT2D eigenvalue weighted by Gasteiger charge is 2.41. The highest BCUT2D eigenvalue weighted by Crippen LogP contribution is 2.36. The number of benzene rings is 2. The van der Waals surface area contributed by atoms with E-state index in [1.165, 1.54) is 33.5 Å². The number of hydrogen-bond donors (Lipinski definition) is 2. The number of rotatable bonds is 9. The van der Waals surface area contributed by atoms with Crippen molar-refractivity contribution in [3.05, 3.63) is 71.3 Å². The maximum atomic E-state index is 13.5. The van der Waals surface area contributed by atoms with Gasteiger partial charge in [0.2, 0.25) is 10.0 Å². The van der Waals surface area contributed by atoms with E-state index in [1.54, 1.807) is 36.1 Å². The second-order valence-corrected chi connectivity index (χ2v) is 11.9. The first-order valence-corrected chi connectivity index (χ1v) is 14.3. The van der Waals surface area contributed by atoms with E-state index in [4.69, 9.17) is 5.41 Å². The minimum Gasteiger partial charge on any atom is -0.355 e. The molecule has 2 heterocycles. The lowest BCUT2D eigenvalue weighted by molar-refractivity contribution is -0.176. The van der Waals surface area contributed by atoms with Crippen LogP contribution in [0.4, 0.5) is 28.9 Å². The molecule has 0 saturated carbocycles. The van der Waals surface area contributed by atoms with Gasteiger partial charge in [0, 0.05) is 68.1 Å². The Bertz CT molecular complexity index is 1460. The van der Waals surface area contributed by atoms with Gasteiger partial charge < -0.3 is 10.7 Å². The SMILES string of the molecule is CCn1cc(S(=O)(=O)N2CCN(CC(C)C(F)(F)F)[C@H](c3cc(C=N)c(Nc4ccc(F)cc4)cc3C)C2)cn1. The average molecular weight is 581 g/mol. The van der Waals surface area contributed by atoms with Gasteiger partial charge in [-0.1, -0.05) is 6.92 Å². The summed E-state index contributed by atoms with van der Waals surface area (Å²) in [4.78, 5) is 1.70. The normalized spacial score (nSPS) is 18.0. The molecule has 0 bridgehead atoms. The Morgan fingerprint density at radius 3 is 2.50 bits per heavy atom. The van der Waals surface area contributed by atoms with Crippen LogP contribution in [-0.4, -0.2) is 66.0 Å². The largest absolute Gasteiger partial charge is 0.392 e. The standard InChI is InChI=1S/C27H32F4N6O2S/c1-4-36-16-23(14-33-36)40(38,39)37-10-9-35(15-19(3)27(29,30)31)26(17-37)24-12-20(13-32)25(11-18(24)2)34-22-7-5-21(28)6-8-22/h5-8,11-14,16,19,26,32,34H,4,9-10,15,17H2,1-3H3/t19?,26-/m0/s1. The third kappa shape index (κ3) is 6.37. The Morgan fingerprint density at radius 2 is 1.90 bits per heavy atom. The first kappa shape index (κ1) is 29.7. The number of aromatic nitrogens is 2.